The molecule has 3 amide bonds. The van der Waals surface area contributed by atoms with E-state index in [4.69, 9.17) is 18.6 Å². The number of carbonyl (C=O) groups is 2. The van der Waals surface area contributed by atoms with Gasteiger partial charge in [-0.25, -0.2) is 9.18 Å². The monoisotopic (exact) mass is 499 g/mol. The summed E-state index contributed by atoms with van der Waals surface area (Å²) in [7, 11) is 4.53. The number of halogens is 1. The molecule has 0 fully saturated rings. The topological polar surface area (TPSA) is 93.5 Å². The van der Waals surface area contributed by atoms with Crippen LogP contribution in [0.15, 0.2) is 65.3 Å². The first-order valence-electron chi connectivity index (χ1n) is 11.2. The first kappa shape index (κ1) is 26.6. The van der Waals surface area contributed by atoms with Crippen molar-refractivity contribution < 1.29 is 32.6 Å². The number of benzene rings is 2. The molecule has 0 saturated heterocycles. The molecule has 36 heavy (non-hydrogen) atoms. The molecular weight excluding hydrogens is 469 g/mol. The second-order valence-electron chi connectivity index (χ2n) is 7.87. The Morgan fingerprint density at radius 1 is 0.972 bits per heavy atom. The number of nitrogens with one attached hydrogen (secondary N) is 1. The van der Waals surface area contributed by atoms with Crippen molar-refractivity contribution in [2.75, 3.05) is 46.3 Å². The Hall–Kier alpha value is -4.05. The highest BCUT2D eigenvalue weighted by Crippen LogP contribution is 2.29. The highest BCUT2D eigenvalue weighted by atomic mass is 19.1. The maximum atomic E-state index is 13.4. The summed E-state index contributed by atoms with van der Waals surface area (Å²) in [6, 6.07) is 13.9. The van der Waals surface area contributed by atoms with E-state index in [0.29, 0.717) is 22.9 Å². The largest absolute Gasteiger partial charge is 0.497 e. The third-order valence-corrected chi connectivity index (χ3v) is 5.40. The molecule has 3 aromatic rings. The Bertz CT molecular complexity index is 1120. The lowest BCUT2D eigenvalue weighted by molar-refractivity contribution is -0.133. The van der Waals surface area contributed by atoms with Crippen molar-refractivity contribution in [1.29, 1.82) is 0 Å². The van der Waals surface area contributed by atoms with Crippen LogP contribution in [-0.2, 0) is 22.6 Å². The first-order valence-corrected chi connectivity index (χ1v) is 11.2. The molecule has 1 heterocycles. The fraction of sp³-hybridized carbons (Fsp3) is 0.308. The van der Waals surface area contributed by atoms with E-state index >= 15 is 0 Å². The molecule has 192 valence electrons. The normalized spacial score (nSPS) is 10.6. The van der Waals surface area contributed by atoms with Gasteiger partial charge in [-0.05, 0) is 42.0 Å². The summed E-state index contributed by atoms with van der Waals surface area (Å²) < 4.78 is 34.5. The minimum absolute atomic E-state index is 0.178. The third kappa shape index (κ3) is 7.47. The van der Waals surface area contributed by atoms with E-state index < -0.39 is 6.03 Å². The van der Waals surface area contributed by atoms with Crippen LogP contribution in [0, 0.1) is 5.82 Å². The summed E-state index contributed by atoms with van der Waals surface area (Å²) in [6.45, 7) is 0.602. The van der Waals surface area contributed by atoms with E-state index in [1.807, 2.05) is 0 Å². The second-order valence-corrected chi connectivity index (χ2v) is 7.87. The zero-order chi connectivity index (χ0) is 25.9. The summed E-state index contributed by atoms with van der Waals surface area (Å²) in [4.78, 5) is 29.4. The van der Waals surface area contributed by atoms with Gasteiger partial charge < -0.3 is 33.7 Å². The Kier molecular flexibility index (Phi) is 9.70. The van der Waals surface area contributed by atoms with E-state index in [1.54, 1.807) is 47.4 Å². The van der Waals surface area contributed by atoms with Gasteiger partial charge in [-0.15, -0.1) is 0 Å². The summed E-state index contributed by atoms with van der Waals surface area (Å²) in [5.74, 6) is 0.895. The fourth-order valence-corrected chi connectivity index (χ4v) is 3.45. The molecule has 10 heteroatoms. The van der Waals surface area contributed by atoms with Gasteiger partial charge in [-0.1, -0.05) is 12.1 Å². The van der Waals surface area contributed by atoms with Crippen LogP contribution in [0.1, 0.15) is 11.3 Å². The number of carbonyl (C=O) groups excluding carboxylic acids is 2. The molecule has 2 aromatic carbocycles. The van der Waals surface area contributed by atoms with Crippen molar-refractivity contribution in [1.82, 2.24) is 9.80 Å². The molecule has 0 saturated carbocycles. The average Bonchev–Trinajstić information content (AvgIpc) is 3.40. The van der Waals surface area contributed by atoms with E-state index in [-0.39, 0.29) is 44.5 Å². The molecule has 1 aromatic heterocycles. The highest BCUT2D eigenvalue weighted by molar-refractivity contribution is 5.93. The van der Waals surface area contributed by atoms with Crippen molar-refractivity contribution in [2.45, 2.75) is 13.1 Å². The average molecular weight is 500 g/mol. The molecule has 0 radical (unpaired) electrons. The van der Waals surface area contributed by atoms with E-state index in [2.05, 4.69) is 5.32 Å². The Morgan fingerprint density at radius 3 is 2.39 bits per heavy atom. The van der Waals surface area contributed by atoms with Crippen molar-refractivity contribution in [3.63, 3.8) is 0 Å². The maximum Gasteiger partial charge on any atom is 0.322 e. The van der Waals surface area contributed by atoms with Crippen molar-refractivity contribution in [3.8, 4) is 11.5 Å². The predicted octanol–water partition coefficient (Wildman–Crippen LogP) is 4.15. The van der Waals surface area contributed by atoms with Gasteiger partial charge in [0.25, 0.3) is 0 Å². The second kappa shape index (κ2) is 13.1. The lowest BCUT2D eigenvalue weighted by atomic mass is 10.2. The molecule has 0 unspecified atom stereocenters. The van der Waals surface area contributed by atoms with Crippen LogP contribution in [0.3, 0.4) is 0 Å². The minimum Gasteiger partial charge on any atom is -0.497 e. The third-order valence-electron chi connectivity index (χ3n) is 5.40. The van der Waals surface area contributed by atoms with Gasteiger partial charge in [0.05, 0.1) is 39.3 Å². The number of rotatable bonds is 12. The van der Waals surface area contributed by atoms with Crippen LogP contribution in [0.2, 0.25) is 0 Å². The standard InChI is InChI=1S/C26H30FN3O6/c1-33-14-12-29(26(32)28-23-11-10-21(34-2)15-24(23)35-3)18-25(31)30(17-22-5-4-13-36-22)16-19-6-8-20(27)9-7-19/h4-11,13,15H,12,14,16-18H2,1-3H3,(H,28,32). The van der Waals surface area contributed by atoms with E-state index in [9.17, 15) is 14.0 Å². The number of anilines is 1. The van der Waals surface area contributed by atoms with Gasteiger partial charge in [0.1, 0.15) is 29.6 Å². The van der Waals surface area contributed by atoms with Gasteiger partial charge >= 0.3 is 6.03 Å². The smallest absolute Gasteiger partial charge is 0.322 e. The number of nitrogens with zero attached hydrogens (tertiary/aromatic N) is 2. The van der Waals surface area contributed by atoms with Crippen LogP contribution < -0.4 is 14.8 Å². The SMILES string of the molecule is COCCN(CC(=O)N(Cc1ccc(F)cc1)Cc1ccco1)C(=O)Nc1ccc(OC)cc1OC. The highest BCUT2D eigenvalue weighted by Gasteiger charge is 2.23. The van der Waals surface area contributed by atoms with Gasteiger partial charge in [-0.3, -0.25) is 4.79 Å². The Balaban J connectivity index is 1.77. The molecule has 0 atom stereocenters. The van der Waals surface area contributed by atoms with Crippen molar-refractivity contribution in [2.24, 2.45) is 0 Å². The minimum atomic E-state index is -0.497. The lowest BCUT2D eigenvalue weighted by Crippen LogP contribution is -2.45. The van der Waals surface area contributed by atoms with Gasteiger partial charge in [0.15, 0.2) is 0 Å². The summed E-state index contributed by atoms with van der Waals surface area (Å²) >= 11 is 0. The zero-order valence-electron chi connectivity index (χ0n) is 20.5. The predicted molar refractivity (Wildman–Crippen MR) is 131 cm³/mol. The van der Waals surface area contributed by atoms with E-state index in [1.165, 1.54) is 44.6 Å². The van der Waals surface area contributed by atoms with E-state index in [0.717, 1.165) is 5.56 Å². The van der Waals surface area contributed by atoms with Crippen LogP contribution >= 0.6 is 0 Å². The zero-order valence-corrected chi connectivity index (χ0v) is 20.5. The number of ether oxygens (including phenoxy) is 3. The van der Waals surface area contributed by atoms with Crippen molar-refractivity contribution in [3.05, 3.63) is 78.0 Å². The molecule has 0 bridgehead atoms. The van der Waals surface area contributed by atoms with Crippen LogP contribution in [-0.4, -0.2) is 62.8 Å². The maximum absolute atomic E-state index is 13.4. The fourth-order valence-electron chi connectivity index (χ4n) is 3.45. The van der Waals surface area contributed by atoms with Gasteiger partial charge in [0.2, 0.25) is 5.91 Å². The van der Waals surface area contributed by atoms with Gasteiger partial charge in [-0.2, -0.15) is 0 Å². The Morgan fingerprint density at radius 2 is 1.75 bits per heavy atom. The molecule has 3 rings (SSSR count). The quantitative estimate of drug-likeness (QED) is 0.403. The molecular formula is C26H30FN3O6. The number of furan rings is 1. The summed E-state index contributed by atoms with van der Waals surface area (Å²) in [5, 5.41) is 2.79. The number of hydrogen-bond donors (Lipinski definition) is 1. The first-order chi connectivity index (χ1) is 17.4. The molecule has 9 nitrogen and oxygen atoms in total. The summed E-state index contributed by atoms with van der Waals surface area (Å²) in [5.41, 5.74) is 1.17. The van der Waals surface area contributed by atoms with Gasteiger partial charge in [0, 0.05) is 26.3 Å². The lowest BCUT2D eigenvalue weighted by Gasteiger charge is -2.27. The molecule has 0 aliphatic rings. The molecule has 0 aliphatic heterocycles. The van der Waals surface area contributed by atoms with Crippen LogP contribution in [0.25, 0.3) is 0 Å². The number of hydrogen-bond acceptors (Lipinski definition) is 6. The van der Waals surface area contributed by atoms with Crippen LogP contribution in [0.4, 0.5) is 14.9 Å². The van der Waals surface area contributed by atoms with Crippen molar-refractivity contribution >= 4 is 17.6 Å². The number of methoxy groups -OCH3 is 3. The molecule has 0 spiro atoms. The summed E-state index contributed by atoms with van der Waals surface area (Å²) in [6.07, 6.45) is 1.52. The number of urea groups is 1. The Labute approximate surface area is 209 Å². The molecule has 1 N–H and O–H groups in total. The molecule has 0 aliphatic carbocycles. The van der Waals surface area contributed by atoms with Crippen LogP contribution in [0.5, 0.6) is 11.5 Å². The number of amides is 3.